The number of aromatic nitrogens is 3. The number of hydrogen-bond acceptors (Lipinski definition) is 5. The first-order valence-electron chi connectivity index (χ1n) is 10.0. The molecule has 2 amide bonds. The molecule has 1 heterocycles. The van der Waals surface area contributed by atoms with Crippen LogP contribution < -0.4 is 10.6 Å². The van der Waals surface area contributed by atoms with Crippen LogP contribution in [0.15, 0.2) is 84.0 Å². The van der Waals surface area contributed by atoms with Gasteiger partial charge in [0, 0.05) is 23.9 Å². The predicted molar refractivity (Wildman–Crippen MR) is 132 cm³/mol. The van der Waals surface area contributed by atoms with E-state index in [0.717, 1.165) is 5.56 Å². The molecule has 4 rings (SSSR count). The third-order valence-electron chi connectivity index (χ3n) is 4.75. The average molecular weight is 478 g/mol. The Morgan fingerprint density at radius 1 is 0.909 bits per heavy atom. The number of carbonyl (C=O) groups excluding carboxylic acids is 2. The Labute approximate surface area is 200 Å². The fraction of sp³-hybridized carbons (Fsp3) is 0.0833. The van der Waals surface area contributed by atoms with Gasteiger partial charge in [-0.2, -0.15) is 0 Å². The summed E-state index contributed by atoms with van der Waals surface area (Å²) >= 11 is 7.36. The molecule has 0 aliphatic carbocycles. The highest BCUT2D eigenvalue weighted by molar-refractivity contribution is 7.99. The van der Waals surface area contributed by atoms with Gasteiger partial charge in [0.2, 0.25) is 5.91 Å². The first-order chi connectivity index (χ1) is 16.0. The van der Waals surface area contributed by atoms with E-state index in [1.54, 1.807) is 30.3 Å². The first-order valence-corrected chi connectivity index (χ1v) is 11.4. The lowest BCUT2D eigenvalue weighted by Gasteiger charge is -2.08. The van der Waals surface area contributed by atoms with Gasteiger partial charge in [0.15, 0.2) is 11.0 Å². The Kier molecular flexibility index (Phi) is 7.07. The molecule has 0 saturated carbocycles. The van der Waals surface area contributed by atoms with E-state index in [9.17, 15) is 9.59 Å². The molecule has 0 bridgehead atoms. The van der Waals surface area contributed by atoms with Gasteiger partial charge in [0.25, 0.3) is 5.91 Å². The van der Waals surface area contributed by atoms with Gasteiger partial charge < -0.3 is 15.2 Å². The molecule has 0 radical (unpaired) electrons. The van der Waals surface area contributed by atoms with E-state index >= 15 is 0 Å². The molecule has 7 nitrogen and oxygen atoms in total. The number of thioether (sulfide) groups is 1. The molecule has 0 unspecified atom stereocenters. The lowest BCUT2D eigenvalue weighted by atomic mass is 10.1. The van der Waals surface area contributed by atoms with Gasteiger partial charge in [-0.3, -0.25) is 9.59 Å². The Bertz CT molecular complexity index is 1280. The van der Waals surface area contributed by atoms with E-state index in [-0.39, 0.29) is 17.6 Å². The quantitative estimate of drug-likeness (QED) is 0.361. The van der Waals surface area contributed by atoms with E-state index in [1.165, 1.54) is 11.8 Å². The normalized spacial score (nSPS) is 10.6. The van der Waals surface area contributed by atoms with E-state index in [2.05, 4.69) is 20.8 Å². The number of nitrogens with one attached hydrogen (secondary N) is 2. The van der Waals surface area contributed by atoms with Crippen molar-refractivity contribution in [1.82, 2.24) is 14.8 Å². The molecule has 2 N–H and O–H groups in total. The first kappa shape index (κ1) is 22.6. The van der Waals surface area contributed by atoms with Crippen molar-refractivity contribution < 1.29 is 9.59 Å². The number of benzene rings is 3. The van der Waals surface area contributed by atoms with Crippen molar-refractivity contribution in [1.29, 1.82) is 0 Å². The molecule has 4 aromatic rings. The van der Waals surface area contributed by atoms with Gasteiger partial charge >= 0.3 is 0 Å². The minimum atomic E-state index is -0.184. The summed E-state index contributed by atoms with van der Waals surface area (Å²) in [5.74, 6) is 0.471. The van der Waals surface area contributed by atoms with Crippen LogP contribution in [0.25, 0.3) is 11.4 Å². The molecule has 0 aliphatic heterocycles. The van der Waals surface area contributed by atoms with Crippen LogP contribution in [-0.2, 0) is 11.8 Å². The number of halogens is 1. The molecular weight excluding hydrogens is 458 g/mol. The SMILES string of the molecule is Cn1c(SCC(=O)Nc2ccccc2Cl)nnc1-c1ccc(NC(=O)c2ccccc2)cc1. The van der Waals surface area contributed by atoms with E-state index < -0.39 is 0 Å². The molecule has 166 valence electrons. The number of carbonyl (C=O) groups is 2. The summed E-state index contributed by atoms with van der Waals surface area (Å²) < 4.78 is 1.82. The number of rotatable bonds is 7. The van der Waals surface area contributed by atoms with Crippen LogP contribution in [0, 0.1) is 0 Å². The second-order valence-electron chi connectivity index (χ2n) is 7.08. The van der Waals surface area contributed by atoms with Crippen LogP contribution in [0.1, 0.15) is 10.4 Å². The third-order valence-corrected chi connectivity index (χ3v) is 6.10. The van der Waals surface area contributed by atoms with Gasteiger partial charge in [0.05, 0.1) is 16.5 Å². The topological polar surface area (TPSA) is 88.9 Å². The van der Waals surface area contributed by atoms with E-state index in [1.807, 2.05) is 60.1 Å². The van der Waals surface area contributed by atoms with Gasteiger partial charge in [-0.25, -0.2) is 0 Å². The Balaban J connectivity index is 1.37. The zero-order valence-corrected chi connectivity index (χ0v) is 19.2. The summed E-state index contributed by atoms with van der Waals surface area (Å²) in [4.78, 5) is 24.6. The summed E-state index contributed by atoms with van der Waals surface area (Å²) in [7, 11) is 1.84. The van der Waals surface area contributed by atoms with Crippen molar-refractivity contribution >= 4 is 46.6 Å². The van der Waals surface area contributed by atoms with Crippen molar-refractivity contribution in [2.45, 2.75) is 5.16 Å². The van der Waals surface area contributed by atoms with Crippen LogP contribution in [0.5, 0.6) is 0 Å². The molecule has 9 heteroatoms. The predicted octanol–water partition coefficient (Wildman–Crippen LogP) is 5.12. The third kappa shape index (κ3) is 5.60. The van der Waals surface area contributed by atoms with Crippen molar-refractivity contribution in [2.24, 2.45) is 7.05 Å². The lowest BCUT2D eigenvalue weighted by Crippen LogP contribution is -2.14. The number of amides is 2. The van der Waals surface area contributed by atoms with Crippen molar-refractivity contribution in [3.8, 4) is 11.4 Å². The van der Waals surface area contributed by atoms with Crippen LogP contribution in [0.2, 0.25) is 5.02 Å². The smallest absolute Gasteiger partial charge is 0.255 e. The molecule has 0 saturated heterocycles. The average Bonchev–Trinajstić information content (AvgIpc) is 3.20. The maximum absolute atomic E-state index is 12.3. The highest BCUT2D eigenvalue weighted by Gasteiger charge is 2.14. The summed E-state index contributed by atoms with van der Waals surface area (Å²) in [6, 6.07) is 23.5. The lowest BCUT2D eigenvalue weighted by molar-refractivity contribution is -0.113. The summed E-state index contributed by atoms with van der Waals surface area (Å²) in [6.07, 6.45) is 0. The van der Waals surface area contributed by atoms with E-state index in [4.69, 9.17) is 11.6 Å². The van der Waals surface area contributed by atoms with Crippen LogP contribution in [-0.4, -0.2) is 32.3 Å². The summed E-state index contributed by atoms with van der Waals surface area (Å²) in [5.41, 5.74) is 2.69. The Morgan fingerprint density at radius 2 is 1.61 bits per heavy atom. The monoisotopic (exact) mass is 477 g/mol. The van der Waals surface area contributed by atoms with Gasteiger partial charge in [-0.1, -0.05) is 53.7 Å². The number of nitrogens with zero attached hydrogens (tertiary/aromatic N) is 3. The maximum atomic E-state index is 12.3. The van der Waals surface area contributed by atoms with Crippen molar-refractivity contribution in [3.05, 3.63) is 89.4 Å². The van der Waals surface area contributed by atoms with Crippen molar-refractivity contribution in [2.75, 3.05) is 16.4 Å². The molecule has 33 heavy (non-hydrogen) atoms. The van der Waals surface area contributed by atoms with Crippen LogP contribution in [0.4, 0.5) is 11.4 Å². The van der Waals surface area contributed by atoms with Crippen LogP contribution >= 0.6 is 23.4 Å². The van der Waals surface area contributed by atoms with Gasteiger partial charge in [-0.05, 0) is 48.5 Å². The summed E-state index contributed by atoms with van der Waals surface area (Å²) in [6.45, 7) is 0. The number of anilines is 2. The molecule has 0 fully saturated rings. The molecule has 3 aromatic carbocycles. The standard InChI is InChI=1S/C24H20ClN5O2S/c1-30-22(16-11-13-18(14-12-16)26-23(32)17-7-3-2-4-8-17)28-29-24(30)33-15-21(31)27-20-10-6-5-9-19(20)25/h2-14H,15H2,1H3,(H,26,32)(H,27,31). The molecule has 0 aliphatic rings. The zero-order valence-electron chi connectivity index (χ0n) is 17.7. The Hall–Kier alpha value is -3.62. The van der Waals surface area contributed by atoms with Crippen molar-refractivity contribution in [3.63, 3.8) is 0 Å². The highest BCUT2D eigenvalue weighted by atomic mass is 35.5. The molecule has 0 atom stereocenters. The minimum absolute atomic E-state index is 0.168. The molecular formula is C24H20ClN5O2S. The van der Waals surface area contributed by atoms with Gasteiger partial charge in [-0.15, -0.1) is 10.2 Å². The number of para-hydroxylation sites is 1. The zero-order chi connectivity index (χ0) is 23.2. The minimum Gasteiger partial charge on any atom is -0.324 e. The van der Waals surface area contributed by atoms with Gasteiger partial charge in [0.1, 0.15) is 0 Å². The largest absolute Gasteiger partial charge is 0.324 e. The fourth-order valence-electron chi connectivity index (χ4n) is 3.07. The number of hydrogen-bond donors (Lipinski definition) is 2. The molecule has 0 spiro atoms. The van der Waals surface area contributed by atoms with Crippen LogP contribution in [0.3, 0.4) is 0 Å². The molecule has 1 aromatic heterocycles. The Morgan fingerprint density at radius 3 is 2.33 bits per heavy atom. The maximum Gasteiger partial charge on any atom is 0.255 e. The van der Waals surface area contributed by atoms with E-state index in [0.29, 0.717) is 32.9 Å². The second-order valence-corrected chi connectivity index (χ2v) is 8.43. The fourth-order valence-corrected chi connectivity index (χ4v) is 3.96. The highest BCUT2D eigenvalue weighted by Crippen LogP contribution is 2.25. The summed E-state index contributed by atoms with van der Waals surface area (Å²) in [5, 5.41) is 15.2. The second kappa shape index (κ2) is 10.3.